The van der Waals surface area contributed by atoms with E-state index in [1.807, 2.05) is 0 Å². The van der Waals surface area contributed by atoms with Gasteiger partial charge in [-0.15, -0.1) is 0 Å². The lowest BCUT2D eigenvalue weighted by Gasteiger charge is -2.30. The molecule has 0 unspecified atom stereocenters. The topological polar surface area (TPSA) is 136 Å². The van der Waals surface area contributed by atoms with Crippen molar-refractivity contribution in [3.8, 4) is 0 Å². The van der Waals surface area contributed by atoms with Crippen molar-refractivity contribution in [3.63, 3.8) is 0 Å². The molecule has 0 aromatic rings. The summed E-state index contributed by atoms with van der Waals surface area (Å²) in [6.45, 7) is 9.44. The molecule has 23 heavy (non-hydrogen) atoms. The highest BCUT2D eigenvalue weighted by Crippen LogP contribution is 2.34. The second kappa shape index (κ2) is 9.32. The molecule has 0 amide bonds. The van der Waals surface area contributed by atoms with E-state index >= 15 is 0 Å². The monoisotopic (exact) mass is 352 g/mol. The van der Waals surface area contributed by atoms with E-state index in [1.165, 1.54) is 51.4 Å². The third-order valence-corrected chi connectivity index (χ3v) is 4.92. The molecule has 0 saturated heterocycles. The largest absolute Gasteiger partial charge is 0.759 e. The van der Waals surface area contributed by atoms with Crippen LogP contribution in [0.2, 0.25) is 0 Å². The van der Waals surface area contributed by atoms with Gasteiger partial charge in [-0.2, -0.15) is 0 Å². The fraction of sp³-hybridized carbons (Fsp3) is 1.00. The molecule has 0 heterocycles. The van der Waals surface area contributed by atoms with E-state index in [2.05, 4.69) is 39.2 Å². The van der Waals surface area contributed by atoms with Gasteiger partial charge in [0.05, 0.1) is 12.1 Å². The van der Waals surface area contributed by atoms with Crippen LogP contribution < -0.4 is 11.5 Å². The summed E-state index contributed by atoms with van der Waals surface area (Å²) in [7, 11) is -5.17. The summed E-state index contributed by atoms with van der Waals surface area (Å²) in [5.74, 6) is 0. The Bertz CT molecular complexity index is 381. The molecular weight excluding hydrogens is 316 g/mol. The maximum Gasteiger partial charge on any atom is 0.0844 e. The summed E-state index contributed by atoms with van der Waals surface area (Å²) in [6.07, 6.45) is 10.9. The predicted molar refractivity (Wildman–Crippen MR) is 88.3 cm³/mol. The van der Waals surface area contributed by atoms with E-state index in [4.69, 9.17) is 17.5 Å². The Morgan fingerprint density at radius 2 is 0.913 bits per heavy atom. The first kappa shape index (κ1) is 22.8. The third kappa shape index (κ3) is 15.1. The Hall–Kier alpha value is -0.210. The minimum atomic E-state index is -5.17. The number of quaternary nitrogens is 2. The Morgan fingerprint density at radius 3 is 1.04 bits per heavy atom. The van der Waals surface area contributed by atoms with Crippen LogP contribution in [0.15, 0.2) is 0 Å². The minimum Gasteiger partial charge on any atom is -0.759 e. The maximum atomic E-state index is 8.52. The first-order valence-electron chi connectivity index (χ1n) is 8.53. The van der Waals surface area contributed by atoms with Gasteiger partial charge in [0, 0.05) is 10.4 Å². The summed E-state index contributed by atoms with van der Waals surface area (Å²) in [5, 5.41) is 0. The van der Waals surface area contributed by atoms with Crippen molar-refractivity contribution < 1.29 is 29.0 Å². The van der Waals surface area contributed by atoms with E-state index < -0.39 is 10.4 Å². The highest BCUT2D eigenvalue weighted by molar-refractivity contribution is 7.79. The summed E-state index contributed by atoms with van der Waals surface area (Å²) in [4.78, 5) is 0. The first-order valence-corrected chi connectivity index (χ1v) is 9.86. The van der Waals surface area contributed by atoms with Crippen LogP contribution in [0.1, 0.15) is 79.1 Å². The molecule has 2 fully saturated rings. The van der Waals surface area contributed by atoms with Gasteiger partial charge in [-0.05, 0) is 62.2 Å². The molecule has 0 aromatic carbocycles. The van der Waals surface area contributed by atoms with Crippen molar-refractivity contribution in [2.24, 2.45) is 10.8 Å². The van der Waals surface area contributed by atoms with Crippen LogP contribution in [-0.2, 0) is 10.4 Å². The summed E-state index contributed by atoms with van der Waals surface area (Å²) in [6, 6.07) is 1.50. The lowest BCUT2D eigenvalue weighted by atomic mass is 9.76. The number of hydrogen-bond donors (Lipinski definition) is 2. The van der Waals surface area contributed by atoms with Crippen LogP contribution in [0.3, 0.4) is 0 Å². The molecule has 0 aliphatic heterocycles. The predicted octanol–water partition coefficient (Wildman–Crippen LogP) is 1.06. The van der Waals surface area contributed by atoms with Crippen LogP contribution in [0.5, 0.6) is 0 Å². The van der Waals surface area contributed by atoms with Crippen LogP contribution in [-0.4, -0.2) is 29.6 Å². The van der Waals surface area contributed by atoms with Gasteiger partial charge in [0.1, 0.15) is 0 Å². The quantitative estimate of drug-likeness (QED) is 0.497. The number of hydrogen-bond acceptors (Lipinski definition) is 4. The van der Waals surface area contributed by atoms with Gasteiger partial charge in [-0.1, -0.05) is 27.7 Å². The molecule has 6 nitrogen and oxygen atoms in total. The highest BCUT2D eigenvalue weighted by atomic mass is 32.3. The SMILES string of the molecule is CC1(C)CCC([NH3+])CC1.CC1(C)CCC([NH3+])CC1.O=S(=O)([O-])[O-]. The summed E-state index contributed by atoms with van der Waals surface area (Å²) >= 11 is 0. The molecular formula is C16H36N2O4S. The molecule has 2 saturated carbocycles. The standard InChI is InChI=1S/2C8H17N.H2O4S/c2*1-8(2)5-3-7(9)4-6-8;1-5(2,3)4/h2*7H,3-6,9H2,1-2H3;(H2,1,2,3,4). The highest BCUT2D eigenvalue weighted by Gasteiger charge is 2.26. The Labute approximate surface area is 142 Å². The number of rotatable bonds is 0. The van der Waals surface area contributed by atoms with Crippen molar-refractivity contribution in [2.75, 3.05) is 0 Å². The van der Waals surface area contributed by atoms with E-state index in [9.17, 15) is 0 Å². The molecule has 7 heteroatoms. The molecule has 2 rings (SSSR count). The van der Waals surface area contributed by atoms with E-state index in [0.717, 1.165) is 12.1 Å². The molecule has 0 aromatic heterocycles. The second-order valence-corrected chi connectivity index (χ2v) is 9.44. The fourth-order valence-corrected chi connectivity index (χ4v) is 2.92. The van der Waals surface area contributed by atoms with E-state index in [-0.39, 0.29) is 0 Å². The van der Waals surface area contributed by atoms with Crippen molar-refractivity contribution in [2.45, 2.75) is 91.1 Å². The summed E-state index contributed by atoms with van der Waals surface area (Å²) < 4.78 is 34.1. The third-order valence-electron chi connectivity index (χ3n) is 4.92. The maximum absolute atomic E-state index is 8.52. The van der Waals surface area contributed by atoms with Crippen molar-refractivity contribution in [3.05, 3.63) is 0 Å². The van der Waals surface area contributed by atoms with Gasteiger partial charge in [0.2, 0.25) is 0 Å². The average molecular weight is 353 g/mol. The molecule has 0 bridgehead atoms. The normalized spacial score (nSPS) is 24.7. The van der Waals surface area contributed by atoms with Gasteiger partial charge < -0.3 is 20.6 Å². The fourth-order valence-electron chi connectivity index (χ4n) is 2.92. The van der Waals surface area contributed by atoms with Crippen LogP contribution >= 0.6 is 0 Å². The lowest BCUT2D eigenvalue weighted by molar-refractivity contribution is -0.428. The molecule has 0 radical (unpaired) electrons. The van der Waals surface area contributed by atoms with Gasteiger partial charge in [-0.25, -0.2) is 0 Å². The first-order chi connectivity index (χ1) is 10.2. The Kier molecular flexibility index (Phi) is 9.23. The molecule has 2 aliphatic rings. The van der Waals surface area contributed by atoms with Gasteiger partial charge >= 0.3 is 0 Å². The van der Waals surface area contributed by atoms with Gasteiger partial charge in [0.15, 0.2) is 0 Å². The van der Waals surface area contributed by atoms with Crippen molar-refractivity contribution in [1.82, 2.24) is 0 Å². The van der Waals surface area contributed by atoms with E-state index in [1.54, 1.807) is 0 Å². The molecule has 0 atom stereocenters. The molecule has 6 N–H and O–H groups in total. The van der Waals surface area contributed by atoms with Crippen LogP contribution in [0.25, 0.3) is 0 Å². The zero-order chi connectivity index (χ0) is 18.3. The van der Waals surface area contributed by atoms with Crippen LogP contribution in [0.4, 0.5) is 0 Å². The average Bonchev–Trinajstić information content (AvgIpc) is 2.36. The molecule has 0 spiro atoms. The Morgan fingerprint density at radius 1 is 0.739 bits per heavy atom. The van der Waals surface area contributed by atoms with Gasteiger partial charge in [0.25, 0.3) is 0 Å². The zero-order valence-electron chi connectivity index (χ0n) is 15.3. The van der Waals surface area contributed by atoms with Gasteiger partial charge in [-0.3, -0.25) is 8.42 Å². The second-order valence-electron chi connectivity index (χ2n) is 8.62. The lowest BCUT2D eigenvalue weighted by Crippen LogP contribution is -2.62. The van der Waals surface area contributed by atoms with Crippen molar-refractivity contribution >= 4 is 10.4 Å². The van der Waals surface area contributed by atoms with E-state index in [0.29, 0.717) is 10.8 Å². The minimum absolute atomic E-state index is 0.619. The smallest absolute Gasteiger partial charge is 0.0844 e. The van der Waals surface area contributed by atoms with Crippen molar-refractivity contribution in [1.29, 1.82) is 0 Å². The summed E-state index contributed by atoms with van der Waals surface area (Å²) in [5.41, 5.74) is 9.36. The Balaban J connectivity index is 0.000000332. The zero-order valence-corrected chi connectivity index (χ0v) is 16.1. The molecule has 140 valence electrons. The van der Waals surface area contributed by atoms with Crippen LogP contribution in [0, 0.1) is 10.8 Å². The molecule has 2 aliphatic carbocycles.